The maximum atomic E-state index is 12.3. The molecule has 0 radical (unpaired) electrons. The quantitative estimate of drug-likeness (QED) is 0.783. The molecule has 0 saturated carbocycles. The Morgan fingerprint density at radius 2 is 2.13 bits per heavy atom. The van der Waals surface area contributed by atoms with E-state index in [1.165, 1.54) is 11.0 Å². The van der Waals surface area contributed by atoms with Gasteiger partial charge in [-0.05, 0) is 18.4 Å². The number of rotatable bonds is 6. The molecule has 1 fully saturated rings. The van der Waals surface area contributed by atoms with E-state index < -0.39 is 24.0 Å². The van der Waals surface area contributed by atoms with E-state index in [1.807, 2.05) is 30.3 Å². The Morgan fingerprint density at radius 3 is 2.74 bits per heavy atom. The van der Waals surface area contributed by atoms with Gasteiger partial charge in [0.05, 0.1) is 12.0 Å². The van der Waals surface area contributed by atoms with Crippen molar-refractivity contribution in [3.63, 3.8) is 0 Å². The van der Waals surface area contributed by atoms with Crippen LogP contribution >= 0.6 is 0 Å². The zero-order chi connectivity index (χ0) is 16.8. The Labute approximate surface area is 135 Å². The van der Waals surface area contributed by atoms with Gasteiger partial charge in [-0.15, -0.1) is 6.58 Å². The first-order valence-corrected chi connectivity index (χ1v) is 7.61. The third kappa shape index (κ3) is 4.10. The average Bonchev–Trinajstić information content (AvgIpc) is 2.92. The molecule has 2 rings (SSSR count). The lowest BCUT2D eigenvalue weighted by Gasteiger charge is -2.30. The maximum Gasteiger partial charge on any atom is 0.410 e. The normalized spacial score (nSPS) is 21.7. The van der Waals surface area contributed by atoms with Crippen molar-refractivity contribution >= 4 is 12.1 Å². The van der Waals surface area contributed by atoms with Gasteiger partial charge in [-0.2, -0.15) is 0 Å². The van der Waals surface area contributed by atoms with Gasteiger partial charge in [0.15, 0.2) is 0 Å². The molecule has 0 aliphatic carbocycles. The third-order valence-corrected chi connectivity index (χ3v) is 4.09. The number of nitrogens with zero attached hydrogens (tertiary/aromatic N) is 1. The van der Waals surface area contributed by atoms with Gasteiger partial charge in [0.2, 0.25) is 0 Å². The molecular formula is C17H22N2O4. The van der Waals surface area contributed by atoms with Crippen LogP contribution in [0.1, 0.15) is 18.4 Å². The summed E-state index contributed by atoms with van der Waals surface area (Å²) in [7, 11) is 0. The molecule has 1 aliphatic heterocycles. The zero-order valence-electron chi connectivity index (χ0n) is 12.9. The van der Waals surface area contributed by atoms with Crippen LogP contribution in [-0.4, -0.2) is 40.7 Å². The SMILES string of the molecule is C=CC[C@@H](C(=O)O)[C@H]1[C@@H](N)CCN1C(=O)OCc1ccccc1. The number of amides is 1. The topological polar surface area (TPSA) is 92.9 Å². The van der Waals surface area contributed by atoms with Crippen LogP contribution < -0.4 is 5.73 Å². The molecule has 3 atom stereocenters. The Hall–Kier alpha value is -2.34. The molecule has 1 aromatic rings. The summed E-state index contributed by atoms with van der Waals surface area (Å²) in [5.41, 5.74) is 6.91. The van der Waals surface area contributed by atoms with E-state index in [0.29, 0.717) is 13.0 Å². The first-order valence-electron chi connectivity index (χ1n) is 7.61. The van der Waals surface area contributed by atoms with Crippen molar-refractivity contribution in [2.75, 3.05) is 6.54 Å². The molecule has 3 N–H and O–H groups in total. The molecule has 6 nitrogen and oxygen atoms in total. The fraction of sp³-hybridized carbons (Fsp3) is 0.412. The Bertz CT molecular complexity index is 561. The number of nitrogens with two attached hydrogens (primary N) is 1. The van der Waals surface area contributed by atoms with Crippen LogP contribution in [-0.2, 0) is 16.1 Å². The molecule has 6 heteroatoms. The first-order chi connectivity index (χ1) is 11.0. The van der Waals surface area contributed by atoms with Crippen LogP contribution in [0.4, 0.5) is 4.79 Å². The van der Waals surface area contributed by atoms with Gasteiger partial charge in [0.1, 0.15) is 6.61 Å². The van der Waals surface area contributed by atoms with Crippen LogP contribution in [0.2, 0.25) is 0 Å². The molecule has 1 aliphatic rings. The van der Waals surface area contributed by atoms with Gasteiger partial charge in [0, 0.05) is 12.6 Å². The summed E-state index contributed by atoms with van der Waals surface area (Å²) in [6, 6.07) is 8.38. The van der Waals surface area contributed by atoms with Crippen molar-refractivity contribution in [2.24, 2.45) is 11.7 Å². The summed E-state index contributed by atoms with van der Waals surface area (Å²) < 4.78 is 5.31. The summed E-state index contributed by atoms with van der Waals surface area (Å²) >= 11 is 0. The second-order valence-corrected chi connectivity index (χ2v) is 5.65. The van der Waals surface area contributed by atoms with E-state index in [1.54, 1.807) is 0 Å². The van der Waals surface area contributed by atoms with E-state index in [9.17, 15) is 14.7 Å². The van der Waals surface area contributed by atoms with Crippen LogP contribution in [0.5, 0.6) is 0 Å². The van der Waals surface area contributed by atoms with Crippen LogP contribution in [0, 0.1) is 5.92 Å². The first kappa shape index (κ1) is 17.0. The summed E-state index contributed by atoms with van der Waals surface area (Å²) in [4.78, 5) is 25.3. The zero-order valence-corrected chi connectivity index (χ0v) is 12.9. The highest BCUT2D eigenvalue weighted by molar-refractivity contribution is 5.74. The number of hydrogen-bond acceptors (Lipinski definition) is 4. The minimum Gasteiger partial charge on any atom is -0.481 e. The summed E-state index contributed by atoms with van der Waals surface area (Å²) in [5, 5.41) is 9.41. The molecule has 0 bridgehead atoms. The lowest BCUT2D eigenvalue weighted by Crippen LogP contribution is -2.49. The van der Waals surface area contributed by atoms with E-state index in [4.69, 9.17) is 10.5 Å². The minimum atomic E-state index is -0.979. The van der Waals surface area contributed by atoms with Gasteiger partial charge in [-0.25, -0.2) is 4.79 Å². The van der Waals surface area contributed by atoms with Crippen LogP contribution in [0.15, 0.2) is 43.0 Å². The smallest absolute Gasteiger partial charge is 0.410 e. The number of carboxylic acid groups (broad SMARTS) is 1. The highest BCUT2D eigenvalue weighted by Gasteiger charge is 2.43. The molecule has 1 heterocycles. The van der Waals surface area contributed by atoms with Crippen LogP contribution in [0.25, 0.3) is 0 Å². The molecular weight excluding hydrogens is 296 g/mol. The van der Waals surface area contributed by atoms with E-state index in [0.717, 1.165) is 5.56 Å². The number of likely N-dealkylation sites (tertiary alicyclic amines) is 1. The maximum absolute atomic E-state index is 12.3. The monoisotopic (exact) mass is 318 g/mol. The average molecular weight is 318 g/mol. The third-order valence-electron chi connectivity index (χ3n) is 4.09. The molecule has 0 unspecified atom stereocenters. The number of benzene rings is 1. The van der Waals surface area contributed by atoms with Crippen molar-refractivity contribution in [1.29, 1.82) is 0 Å². The fourth-order valence-corrected chi connectivity index (χ4v) is 2.94. The second-order valence-electron chi connectivity index (χ2n) is 5.65. The lowest BCUT2D eigenvalue weighted by atomic mass is 9.91. The number of ether oxygens (including phenoxy) is 1. The van der Waals surface area contributed by atoms with Gasteiger partial charge >= 0.3 is 12.1 Å². The van der Waals surface area contributed by atoms with Crippen molar-refractivity contribution in [3.8, 4) is 0 Å². The summed E-state index contributed by atoms with van der Waals surface area (Å²) in [6.07, 6.45) is 1.83. The molecule has 0 aromatic heterocycles. The largest absolute Gasteiger partial charge is 0.481 e. The second kappa shape index (κ2) is 7.78. The molecule has 1 saturated heterocycles. The van der Waals surface area contributed by atoms with E-state index in [2.05, 4.69) is 6.58 Å². The molecule has 124 valence electrons. The van der Waals surface area contributed by atoms with Crippen molar-refractivity contribution in [1.82, 2.24) is 4.90 Å². The molecule has 23 heavy (non-hydrogen) atoms. The highest BCUT2D eigenvalue weighted by atomic mass is 16.6. The van der Waals surface area contributed by atoms with Gasteiger partial charge in [-0.1, -0.05) is 36.4 Å². The van der Waals surface area contributed by atoms with Gasteiger partial charge in [-0.3, -0.25) is 4.79 Å². The van der Waals surface area contributed by atoms with Gasteiger partial charge < -0.3 is 20.5 Å². The minimum absolute atomic E-state index is 0.150. The van der Waals surface area contributed by atoms with Crippen molar-refractivity contribution in [3.05, 3.63) is 48.6 Å². The number of carbonyl (C=O) groups excluding carboxylic acids is 1. The van der Waals surface area contributed by atoms with Crippen LogP contribution in [0.3, 0.4) is 0 Å². The predicted octanol–water partition coefficient (Wildman–Crippen LogP) is 2.00. The molecule has 1 amide bonds. The molecule has 0 spiro atoms. The highest BCUT2D eigenvalue weighted by Crippen LogP contribution is 2.27. The van der Waals surface area contributed by atoms with Gasteiger partial charge in [0.25, 0.3) is 0 Å². The van der Waals surface area contributed by atoms with E-state index >= 15 is 0 Å². The number of aliphatic carboxylic acids is 1. The number of allylic oxidation sites excluding steroid dienone is 1. The Kier molecular flexibility index (Phi) is 5.76. The van der Waals surface area contributed by atoms with Crippen molar-refractivity contribution < 1.29 is 19.4 Å². The molecule has 1 aromatic carbocycles. The number of carbonyl (C=O) groups is 2. The van der Waals surface area contributed by atoms with Crippen molar-refractivity contribution in [2.45, 2.75) is 31.5 Å². The summed E-state index contributed by atoms with van der Waals surface area (Å²) in [5.74, 6) is -1.75. The van der Waals surface area contributed by atoms with E-state index in [-0.39, 0.29) is 19.1 Å². The number of carboxylic acids is 1. The standard InChI is InChI=1S/C17H22N2O4/c1-2-6-13(16(20)21)15-14(18)9-10-19(15)17(22)23-11-12-7-4-3-5-8-12/h2-5,7-8,13-15H,1,6,9-11,18H2,(H,20,21)/t13-,14+,15+/m1/s1. The lowest BCUT2D eigenvalue weighted by molar-refractivity contribution is -0.143. The fourth-order valence-electron chi connectivity index (χ4n) is 2.94. The summed E-state index contributed by atoms with van der Waals surface area (Å²) in [6.45, 7) is 4.14. The number of hydrogen-bond donors (Lipinski definition) is 2. The predicted molar refractivity (Wildman–Crippen MR) is 85.7 cm³/mol. The Balaban J connectivity index is 2.05. The Morgan fingerprint density at radius 1 is 1.43 bits per heavy atom.